The van der Waals surface area contributed by atoms with Gasteiger partial charge in [0, 0.05) is 24.5 Å². The van der Waals surface area contributed by atoms with E-state index in [-0.39, 0.29) is 23.5 Å². The third-order valence-corrected chi connectivity index (χ3v) is 4.53. The Kier molecular flexibility index (Phi) is 5.45. The van der Waals surface area contributed by atoms with E-state index in [9.17, 15) is 9.59 Å². The van der Waals surface area contributed by atoms with E-state index >= 15 is 0 Å². The number of amides is 2. The molecule has 0 bridgehead atoms. The fourth-order valence-corrected chi connectivity index (χ4v) is 3.19. The van der Waals surface area contributed by atoms with Crippen molar-refractivity contribution in [2.45, 2.75) is 45.6 Å². The van der Waals surface area contributed by atoms with E-state index in [2.05, 4.69) is 17.6 Å². The molecule has 0 spiro atoms. The third-order valence-electron chi connectivity index (χ3n) is 4.53. The summed E-state index contributed by atoms with van der Waals surface area (Å²) in [7, 11) is 0. The predicted molar refractivity (Wildman–Crippen MR) is 80.0 cm³/mol. The smallest absolute Gasteiger partial charge is 0.407 e. The van der Waals surface area contributed by atoms with E-state index in [4.69, 9.17) is 4.74 Å². The van der Waals surface area contributed by atoms with E-state index < -0.39 is 0 Å². The van der Waals surface area contributed by atoms with E-state index in [1.807, 2.05) is 4.90 Å². The summed E-state index contributed by atoms with van der Waals surface area (Å²) in [6, 6.07) is 0.00654. The number of ether oxygens (including phenoxy) is 1. The summed E-state index contributed by atoms with van der Waals surface area (Å²) in [6.45, 7) is 7.42. The molecule has 2 N–H and O–H groups in total. The first kappa shape index (κ1) is 16.1. The Morgan fingerprint density at radius 2 is 2.10 bits per heavy atom. The molecular weight excluding hydrogens is 270 g/mol. The van der Waals surface area contributed by atoms with Crippen molar-refractivity contribution in [3.63, 3.8) is 0 Å². The largest absolute Gasteiger partial charge is 0.450 e. The number of rotatable bonds is 3. The van der Waals surface area contributed by atoms with Gasteiger partial charge in [0.2, 0.25) is 5.91 Å². The Bertz CT molecular complexity index is 380. The summed E-state index contributed by atoms with van der Waals surface area (Å²) in [5.41, 5.74) is -0.253. The maximum Gasteiger partial charge on any atom is 0.407 e. The number of carbonyl (C=O) groups excluding carboxylic acids is 2. The van der Waals surface area contributed by atoms with Crippen LogP contribution in [0.2, 0.25) is 0 Å². The molecule has 6 heteroatoms. The molecule has 2 saturated heterocycles. The zero-order valence-corrected chi connectivity index (χ0v) is 13.1. The molecule has 0 radical (unpaired) electrons. The molecule has 0 aromatic heterocycles. The number of hydrogen-bond acceptors (Lipinski definition) is 4. The average Bonchev–Trinajstić information content (AvgIpc) is 2.47. The van der Waals surface area contributed by atoms with E-state index in [1.54, 1.807) is 6.92 Å². The second kappa shape index (κ2) is 7.11. The molecule has 2 heterocycles. The van der Waals surface area contributed by atoms with Gasteiger partial charge in [0.15, 0.2) is 0 Å². The monoisotopic (exact) mass is 297 g/mol. The Balaban J connectivity index is 1.90. The summed E-state index contributed by atoms with van der Waals surface area (Å²) < 4.78 is 4.91. The fourth-order valence-electron chi connectivity index (χ4n) is 3.19. The van der Waals surface area contributed by atoms with Gasteiger partial charge in [0.05, 0.1) is 6.61 Å². The van der Waals surface area contributed by atoms with Crippen LogP contribution < -0.4 is 10.6 Å². The summed E-state index contributed by atoms with van der Waals surface area (Å²) in [4.78, 5) is 26.2. The Morgan fingerprint density at radius 3 is 2.76 bits per heavy atom. The second-order valence-electron chi connectivity index (χ2n) is 6.27. The molecule has 0 aliphatic carbocycles. The fraction of sp³-hybridized carbons (Fsp3) is 0.867. The van der Waals surface area contributed by atoms with Gasteiger partial charge in [-0.3, -0.25) is 4.79 Å². The van der Waals surface area contributed by atoms with Crippen molar-refractivity contribution in [2.24, 2.45) is 5.41 Å². The first-order chi connectivity index (χ1) is 10.0. The molecule has 0 aromatic rings. The highest BCUT2D eigenvalue weighted by atomic mass is 16.5. The summed E-state index contributed by atoms with van der Waals surface area (Å²) >= 11 is 0. The Morgan fingerprint density at radius 1 is 1.38 bits per heavy atom. The van der Waals surface area contributed by atoms with Gasteiger partial charge in [-0.2, -0.15) is 0 Å². The first-order valence-corrected chi connectivity index (χ1v) is 7.98. The minimum absolute atomic E-state index is 0.00654. The molecule has 2 aliphatic heterocycles. The number of nitrogens with zero attached hydrogens (tertiary/aromatic N) is 1. The van der Waals surface area contributed by atoms with Crippen LogP contribution in [-0.2, 0) is 9.53 Å². The lowest BCUT2D eigenvalue weighted by molar-refractivity contribution is -0.144. The predicted octanol–water partition coefficient (Wildman–Crippen LogP) is 1.11. The Labute approximate surface area is 126 Å². The van der Waals surface area contributed by atoms with Crippen LogP contribution in [0.25, 0.3) is 0 Å². The van der Waals surface area contributed by atoms with E-state index in [0.717, 1.165) is 45.3 Å². The maximum absolute atomic E-state index is 12.8. The van der Waals surface area contributed by atoms with Gasteiger partial charge >= 0.3 is 6.09 Å². The lowest BCUT2D eigenvalue weighted by Crippen LogP contribution is -2.54. The van der Waals surface area contributed by atoms with Crippen molar-refractivity contribution in [2.75, 3.05) is 32.8 Å². The molecule has 2 fully saturated rings. The van der Waals surface area contributed by atoms with E-state index in [0.29, 0.717) is 13.2 Å². The molecule has 1 atom stereocenters. The molecule has 0 saturated carbocycles. The number of carbonyl (C=O) groups is 2. The van der Waals surface area contributed by atoms with Crippen molar-refractivity contribution in [3.8, 4) is 0 Å². The van der Waals surface area contributed by atoms with Crippen molar-refractivity contribution < 1.29 is 14.3 Å². The minimum Gasteiger partial charge on any atom is -0.450 e. The van der Waals surface area contributed by atoms with Crippen molar-refractivity contribution in [3.05, 3.63) is 0 Å². The van der Waals surface area contributed by atoms with Gasteiger partial charge in [-0.15, -0.1) is 0 Å². The van der Waals surface area contributed by atoms with Crippen molar-refractivity contribution in [1.82, 2.24) is 15.5 Å². The second-order valence-corrected chi connectivity index (χ2v) is 6.27. The Hall–Kier alpha value is -1.30. The normalized spacial score (nSPS) is 25.2. The van der Waals surface area contributed by atoms with Gasteiger partial charge in [0.1, 0.15) is 0 Å². The van der Waals surface area contributed by atoms with E-state index in [1.165, 1.54) is 0 Å². The van der Waals surface area contributed by atoms with Gasteiger partial charge in [-0.05, 0) is 45.7 Å². The molecule has 2 aliphatic rings. The van der Waals surface area contributed by atoms with Crippen molar-refractivity contribution in [1.29, 1.82) is 0 Å². The zero-order valence-electron chi connectivity index (χ0n) is 13.1. The highest BCUT2D eigenvalue weighted by Gasteiger charge is 2.39. The van der Waals surface area contributed by atoms with Gasteiger partial charge in [-0.25, -0.2) is 4.79 Å². The van der Waals surface area contributed by atoms with Crippen LogP contribution in [0, 0.1) is 5.41 Å². The standard InChI is InChI=1S/C15H27N3O3/c1-3-21-14(20)17-12-5-4-10-18(11-12)13(19)15(2)6-8-16-9-7-15/h12,16H,3-11H2,1-2H3,(H,17,20). The molecular formula is C15H27N3O3. The number of nitrogens with one attached hydrogen (secondary N) is 2. The summed E-state index contributed by atoms with van der Waals surface area (Å²) in [5.74, 6) is 0.236. The molecule has 2 amide bonds. The number of likely N-dealkylation sites (tertiary alicyclic amines) is 1. The topological polar surface area (TPSA) is 70.7 Å². The number of alkyl carbamates (subject to hydrolysis) is 1. The lowest BCUT2D eigenvalue weighted by Gasteiger charge is -2.40. The highest BCUT2D eigenvalue weighted by Crippen LogP contribution is 2.31. The van der Waals surface area contributed by atoms with Crippen LogP contribution in [-0.4, -0.2) is 55.7 Å². The molecule has 0 aromatic carbocycles. The van der Waals surface area contributed by atoms with Crippen LogP contribution in [0.15, 0.2) is 0 Å². The summed E-state index contributed by atoms with van der Waals surface area (Å²) in [5, 5.41) is 6.16. The minimum atomic E-state index is -0.384. The summed E-state index contributed by atoms with van der Waals surface area (Å²) in [6.07, 6.45) is 3.22. The van der Waals surface area contributed by atoms with Gasteiger partial charge in [0.25, 0.3) is 0 Å². The molecule has 21 heavy (non-hydrogen) atoms. The maximum atomic E-state index is 12.8. The first-order valence-electron chi connectivity index (χ1n) is 7.98. The molecule has 120 valence electrons. The SMILES string of the molecule is CCOC(=O)NC1CCCN(C(=O)C2(C)CCNCC2)C1. The quantitative estimate of drug-likeness (QED) is 0.819. The van der Waals surface area contributed by atoms with Crippen LogP contribution in [0.4, 0.5) is 4.79 Å². The van der Waals surface area contributed by atoms with Crippen LogP contribution in [0.3, 0.4) is 0 Å². The number of hydrogen-bond donors (Lipinski definition) is 2. The van der Waals surface area contributed by atoms with Crippen LogP contribution in [0.5, 0.6) is 0 Å². The molecule has 1 unspecified atom stereocenters. The van der Waals surface area contributed by atoms with Gasteiger partial charge < -0.3 is 20.3 Å². The molecule has 2 rings (SSSR count). The zero-order chi connectivity index (χ0) is 15.3. The third kappa shape index (κ3) is 4.09. The van der Waals surface area contributed by atoms with Gasteiger partial charge in [-0.1, -0.05) is 6.92 Å². The van der Waals surface area contributed by atoms with Crippen LogP contribution >= 0.6 is 0 Å². The van der Waals surface area contributed by atoms with Crippen LogP contribution in [0.1, 0.15) is 39.5 Å². The lowest BCUT2D eigenvalue weighted by atomic mass is 9.79. The highest BCUT2D eigenvalue weighted by molar-refractivity contribution is 5.82. The average molecular weight is 297 g/mol. The number of piperidine rings is 2. The molecule has 6 nitrogen and oxygen atoms in total. The van der Waals surface area contributed by atoms with Crippen molar-refractivity contribution >= 4 is 12.0 Å².